The van der Waals surface area contributed by atoms with Crippen molar-refractivity contribution in [2.75, 3.05) is 0 Å². The Balaban J connectivity index is 2.65. The summed E-state index contributed by atoms with van der Waals surface area (Å²) in [5.74, 6) is 0. The quantitative estimate of drug-likeness (QED) is 0.828. The van der Waals surface area contributed by atoms with E-state index < -0.39 is 0 Å². The van der Waals surface area contributed by atoms with Crippen molar-refractivity contribution in [1.82, 2.24) is 0 Å². The molecule has 0 atom stereocenters. The molecular formula is C13H9BrCl2O. The van der Waals surface area contributed by atoms with Crippen molar-refractivity contribution in [3.8, 4) is 11.1 Å². The lowest BCUT2D eigenvalue weighted by molar-refractivity contribution is 0.282. The van der Waals surface area contributed by atoms with E-state index in [4.69, 9.17) is 23.2 Å². The molecule has 0 aliphatic rings. The highest BCUT2D eigenvalue weighted by molar-refractivity contribution is 9.10. The number of benzene rings is 2. The number of hydrogen-bond acceptors (Lipinski definition) is 1. The van der Waals surface area contributed by atoms with Crippen LogP contribution in [0.25, 0.3) is 11.1 Å². The summed E-state index contributed by atoms with van der Waals surface area (Å²) in [5, 5.41) is 10.3. The molecule has 0 heterocycles. The minimum absolute atomic E-state index is 0.0850. The fourth-order valence-electron chi connectivity index (χ4n) is 1.62. The molecule has 0 aliphatic carbocycles. The van der Waals surface area contributed by atoms with Crippen LogP contribution in [0.2, 0.25) is 10.0 Å². The molecule has 0 saturated heterocycles. The lowest BCUT2D eigenvalue weighted by atomic mass is 10.0. The van der Waals surface area contributed by atoms with E-state index in [1.54, 1.807) is 6.07 Å². The number of aliphatic hydroxyl groups is 1. The Bertz CT molecular complexity index is 555. The maximum Gasteiger partial charge on any atom is 0.0696 e. The van der Waals surface area contributed by atoms with Crippen LogP contribution in [0.3, 0.4) is 0 Å². The number of aliphatic hydroxyl groups excluding tert-OH is 1. The summed E-state index contributed by atoms with van der Waals surface area (Å²) >= 11 is 15.8. The lowest BCUT2D eigenvalue weighted by Gasteiger charge is -2.10. The van der Waals surface area contributed by atoms with E-state index in [-0.39, 0.29) is 6.61 Å². The highest BCUT2D eigenvalue weighted by Crippen LogP contribution is 2.38. The van der Waals surface area contributed by atoms with Gasteiger partial charge in [-0.25, -0.2) is 0 Å². The predicted octanol–water partition coefficient (Wildman–Crippen LogP) is 4.92. The van der Waals surface area contributed by atoms with Crippen molar-refractivity contribution >= 4 is 39.1 Å². The summed E-state index contributed by atoms with van der Waals surface area (Å²) in [6.45, 7) is -0.0850. The third-order valence-electron chi connectivity index (χ3n) is 2.49. The van der Waals surface area contributed by atoms with Gasteiger partial charge in [0.15, 0.2) is 0 Å². The Kier molecular flexibility index (Phi) is 4.10. The van der Waals surface area contributed by atoms with Crippen molar-refractivity contribution in [2.24, 2.45) is 0 Å². The maximum absolute atomic E-state index is 9.19. The molecule has 0 bridgehead atoms. The Labute approximate surface area is 118 Å². The van der Waals surface area contributed by atoms with Crippen molar-refractivity contribution in [3.63, 3.8) is 0 Å². The number of rotatable bonds is 2. The third kappa shape index (κ3) is 2.50. The predicted molar refractivity (Wildman–Crippen MR) is 75.5 cm³/mol. The second kappa shape index (κ2) is 5.40. The summed E-state index contributed by atoms with van der Waals surface area (Å²) in [6.07, 6.45) is 0. The fraction of sp³-hybridized carbons (Fsp3) is 0.0769. The van der Waals surface area contributed by atoms with Gasteiger partial charge in [-0.05, 0) is 27.6 Å². The van der Waals surface area contributed by atoms with E-state index in [9.17, 15) is 5.11 Å². The van der Waals surface area contributed by atoms with Gasteiger partial charge in [-0.15, -0.1) is 0 Å². The zero-order valence-corrected chi connectivity index (χ0v) is 11.9. The molecule has 0 amide bonds. The van der Waals surface area contributed by atoms with Gasteiger partial charge in [-0.3, -0.25) is 0 Å². The molecule has 0 fully saturated rings. The van der Waals surface area contributed by atoms with Crippen LogP contribution >= 0.6 is 39.1 Å². The van der Waals surface area contributed by atoms with Crippen molar-refractivity contribution in [3.05, 3.63) is 56.5 Å². The Morgan fingerprint density at radius 1 is 0.941 bits per heavy atom. The monoisotopic (exact) mass is 330 g/mol. The van der Waals surface area contributed by atoms with Crippen LogP contribution in [0.5, 0.6) is 0 Å². The van der Waals surface area contributed by atoms with Crippen molar-refractivity contribution in [1.29, 1.82) is 0 Å². The number of hydrogen-bond donors (Lipinski definition) is 1. The first-order chi connectivity index (χ1) is 8.15. The van der Waals surface area contributed by atoms with Crippen LogP contribution in [-0.2, 0) is 6.61 Å². The molecule has 88 valence electrons. The molecule has 0 spiro atoms. The molecule has 0 saturated carbocycles. The van der Waals surface area contributed by atoms with Crippen LogP contribution in [0, 0.1) is 0 Å². The smallest absolute Gasteiger partial charge is 0.0696 e. The fourth-order valence-corrected chi connectivity index (χ4v) is 2.50. The molecule has 0 unspecified atom stereocenters. The van der Waals surface area contributed by atoms with Gasteiger partial charge in [-0.1, -0.05) is 53.5 Å². The largest absolute Gasteiger partial charge is 0.392 e. The van der Waals surface area contributed by atoms with Gasteiger partial charge in [0.05, 0.1) is 16.7 Å². The van der Waals surface area contributed by atoms with Gasteiger partial charge in [0.1, 0.15) is 0 Å². The maximum atomic E-state index is 9.19. The summed E-state index contributed by atoms with van der Waals surface area (Å²) in [4.78, 5) is 0. The van der Waals surface area contributed by atoms with E-state index in [1.807, 2.05) is 30.3 Å². The molecule has 0 radical (unpaired) electrons. The van der Waals surface area contributed by atoms with E-state index in [1.165, 1.54) is 0 Å². The van der Waals surface area contributed by atoms with Gasteiger partial charge in [0.25, 0.3) is 0 Å². The molecule has 1 nitrogen and oxygen atoms in total. The second-order valence-electron chi connectivity index (χ2n) is 3.54. The average molecular weight is 332 g/mol. The van der Waals surface area contributed by atoms with Gasteiger partial charge < -0.3 is 5.11 Å². The van der Waals surface area contributed by atoms with E-state index in [0.29, 0.717) is 15.6 Å². The second-order valence-corrected chi connectivity index (χ2v) is 5.15. The van der Waals surface area contributed by atoms with E-state index in [0.717, 1.165) is 15.6 Å². The normalized spacial score (nSPS) is 10.6. The lowest BCUT2D eigenvalue weighted by Crippen LogP contribution is -1.89. The average Bonchev–Trinajstić information content (AvgIpc) is 2.33. The molecule has 0 aliphatic heterocycles. The highest BCUT2D eigenvalue weighted by atomic mass is 79.9. The van der Waals surface area contributed by atoms with Gasteiger partial charge in [-0.2, -0.15) is 0 Å². The third-order valence-corrected chi connectivity index (χ3v) is 4.23. The first-order valence-electron chi connectivity index (χ1n) is 4.97. The Morgan fingerprint density at radius 3 is 2.18 bits per heavy atom. The molecule has 0 aromatic heterocycles. The number of halogens is 3. The Hall–Kier alpha value is -0.540. The van der Waals surface area contributed by atoms with Crippen molar-refractivity contribution in [2.45, 2.75) is 6.61 Å². The Morgan fingerprint density at radius 2 is 1.53 bits per heavy atom. The summed E-state index contributed by atoms with van der Waals surface area (Å²) in [6, 6.07) is 11.2. The molecule has 2 aromatic carbocycles. The molecule has 2 rings (SSSR count). The van der Waals surface area contributed by atoms with Crippen molar-refractivity contribution < 1.29 is 5.11 Å². The SMILES string of the molecule is OCc1cccc(-c2cccc(Br)c2Cl)c1Cl. The standard InChI is InChI=1S/C13H9BrCl2O/c14-11-6-2-5-10(13(11)16)9-4-1-3-8(7-17)12(9)15/h1-6,17H,7H2. The first-order valence-corrected chi connectivity index (χ1v) is 6.52. The van der Waals surface area contributed by atoms with Crippen LogP contribution < -0.4 is 0 Å². The van der Waals surface area contributed by atoms with Gasteiger partial charge in [0, 0.05) is 15.6 Å². The van der Waals surface area contributed by atoms with E-state index >= 15 is 0 Å². The van der Waals surface area contributed by atoms with Crippen LogP contribution in [-0.4, -0.2) is 5.11 Å². The molecule has 1 N–H and O–H groups in total. The summed E-state index contributed by atoms with van der Waals surface area (Å²) in [7, 11) is 0. The zero-order chi connectivity index (χ0) is 12.4. The molecule has 17 heavy (non-hydrogen) atoms. The van der Waals surface area contributed by atoms with Crippen LogP contribution in [0.4, 0.5) is 0 Å². The topological polar surface area (TPSA) is 20.2 Å². The minimum atomic E-state index is -0.0850. The van der Waals surface area contributed by atoms with Gasteiger partial charge >= 0.3 is 0 Å². The molecule has 2 aromatic rings. The molecular weight excluding hydrogens is 323 g/mol. The minimum Gasteiger partial charge on any atom is -0.392 e. The first kappa shape index (κ1) is 12.9. The summed E-state index contributed by atoms with van der Waals surface area (Å²) < 4.78 is 0.821. The summed E-state index contributed by atoms with van der Waals surface area (Å²) in [5.41, 5.74) is 2.37. The highest BCUT2D eigenvalue weighted by Gasteiger charge is 2.11. The van der Waals surface area contributed by atoms with Gasteiger partial charge in [0.2, 0.25) is 0 Å². The van der Waals surface area contributed by atoms with E-state index in [2.05, 4.69) is 15.9 Å². The van der Waals surface area contributed by atoms with Crippen LogP contribution in [0.15, 0.2) is 40.9 Å². The zero-order valence-electron chi connectivity index (χ0n) is 8.75. The van der Waals surface area contributed by atoms with Crippen LogP contribution in [0.1, 0.15) is 5.56 Å². The molecule has 4 heteroatoms.